The summed E-state index contributed by atoms with van der Waals surface area (Å²) >= 11 is 0. The maximum Gasteiger partial charge on any atom is 0.141 e. The van der Waals surface area contributed by atoms with E-state index in [9.17, 15) is 0 Å². The van der Waals surface area contributed by atoms with Gasteiger partial charge in [0, 0.05) is 23.1 Å². The number of hydrogen-bond donors (Lipinski definition) is 1. The maximum absolute atomic E-state index is 6.24. The van der Waals surface area contributed by atoms with Gasteiger partial charge in [-0.25, -0.2) is 0 Å². The van der Waals surface area contributed by atoms with Crippen molar-refractivity contribution in [1.29, 1.82) is 0 Å². The highest BCUT2D eigenvalue weighted by molar-refractivity contribution is 5.93. The third-order valence-electron chi connectivity index (χ3n) is 6.51. The summed E-state index contributed by atoms with van der Waals surface area (Å²) in [4.78, 5) is 0. The summed E-state index contributed by atoms with van der Waals surface area (Å²) in [7, 11) is 0. The summed E-state index contributed by atoms with van der Waals surface area (Å²) in [6, 6.07) is 21.1. The molecule has 2 N–H and O–H groups in total. The summed E-state index contributed by atoms with van der Waals surface area (Å²) < 4.78 is 17.9. The maximum atomic E-state index is 6.24. The average Bonchev–Trinajstić information content (AvgIpc) is 3.31. The van der Waals surface area contributed by atoms with Crippen molar-refractivity contribution in [2.45, 2.75) is 39.3 Å². The van der Waals surface area contributed by atoms with Crippen LogP contribution in [0.25, 0.3) is 28.2 Å². The fraction of sp³-hybridized carbons (Fsp3) is 0.267. The van der Waals surface area contributed by atoms with Crippen molar-refractivity contribution < 1.29 is 13.9 Å². The van der Waals surface area contributed by atoms with Crippen LogP contribution >= 0.6 is 0 Å². The van der Waals surface area contributed by atoms with Crippen LogP contribution in [-0.2, 0) is 24.3 Å². The molecule has 3 aromatic carbocycles. The molecule has 0 atom stereocenters. The lowest BCUT2D eigenvalue weighted by atomic mass is 9.96. The molecule has 0 radical (unpaired) electrons. The van der Waals surface area contributed by atoms with Crippen LogP contribution in [0.4, 0.5) is 0 Å². The van der Waals surface area contributed by atoms with E-state index in [0.29, 0.717) is 13.2 Å². The van der Waals surface area contributed by atoms with Gasteiger partial charge in [0.1, 0.15) is 17.9 Å². The van der Waals surface area contributed by atoms with E-state index in [1.165, 1.54) is 11.1 Å². The quantitative estimate of drug-likeness (QED) is 0.331. The number of ether oxygens (including phenoxy) is 2. The molecule has 1 saturated heterocycles. The van der Waals surface area contributed by atoms with Crippen LogP contribution in [0.5, 0.6) is 5.75 Å². The zero-order valence-corrected chi connectivity index (χ0v) is 19.7. The number of para-hydroxylation sites is 1. The fourth-order valence-electron chi connectivity index (χ4n) is 4.57. The Morgan fingerprint density at radius 3 is 2.62 bits per heavy atom. The van der Waals surface area contributed by atoms with Gasteiger partial charge in [-0.2, -0.15) is 0 Å². The van der Waals surface area contributed by atoms with Crippen LogP contribution in [-0.4, -0.2) is 13.2 Å². The standard InChI is InChI=1S/C30H31NO3/c1-2-23-7-3-4-9-29(23)33-19-27-20-34-30-26(14-21-10-12-32-13-11-21)16-25(17-28(27)30)24-8-5-6-22(15-24)18-31/h3-9,14-17,20H,2,10-13,18-19,31H2,1H3. The van der Waals surface area contributed by atoms with Gasteiger partial charge in [-0.05, 0) is 65.8 Å². The molecule has 5 rings (SSSR count). The van der Waals surface area contributed by atoms with E-state index in [4.69, 9.17) is 19.6 Å². The summed E-state index contributed by atoms with van der Waals surface area (Å²) in [5.41, 5.74) is 15.0. The number of fused-ring (bicyclic) bond motifs is 1. The summed E-state index contributed by atoms with van der Waals surface area (Å²) in [6.07, 6.45) is 6.97. The Morgan fingerprint density at radius 2 is 1.79 bits per heavy atom. The van der Waals surface area contributed by atoms with E-state index in [1.54, 1.807) is 0 Å². The van der Waals surface area contributed by atoms with Crippen LogP contribution in [0.2, 0.25) is 0 Å². The topological polar surface area (TPSA) is 57.6 Å². The molecule has 4 aromatic rings. The summed E-state index contributed by atoms with van der Waals surface area (Å²) in [5, 5.41) is 1.09. The average molecular weight is 454 g/mol. The first-order chi connectivity index (χ1) is 16.7. The molecular weight excluding hydrogens is 422 g/mol. The van der Waals surface area contributed by atoms with Crippen LogP contribution in [0.15, 0.2) is 76.9 Å². The molecule has 1 aliphatic rings. The number of furan rings is 1. The molecule has 0 unspecified atom stereocenters. The van der Waals surface area contributed by atoms with Gasteiger partial charge in [0.25, 0.3) is 0 Å². The summed E-state index contributed by atoms with van der Waals surface area (Å²) in [6.45, 7) is 4.69. The number of benzene rings is 3. The Morgan fingerprint density at radius 1 is 0.941 bits per heavy atom. The predicted molar refractivity (Wildman–Crippen MR) is 138 cm³/mol. The zero-order chi connectivity index (χ0) is 23.3. The third kappa shape index (κ3) is 4.79. The normalized spacial score (nSPS) is 13.9. The van der Waals surface area contributed by atoms with Gasteiger partial charge >= 0.3 is 0 Å². The van der Waals surface area contributed by atoms with Crippen molar-refractivity contribution in [3.05, 3.63) is 94.8 Å². The number of rotatable bonds is 7. The molecule has 0 amide bonds. The minimum atomic E-state index is 0.458. The third-order valence-corrected chi connectivity index (χ3v) is 6.51. The molecule has 0 spiro atoms. The molecule has 1 fully saturated rings. The van der Waals surface area contributed by atoms with Gasteiger partial charge in [-0.3, -0.25) is 0 Å². The van der Waals surface area contributed by atoms with Gasteiger partial charge in [0.05, 0.1) is 19.5 Å². The molecule has 4 heteroatoms. The van der Waals surface area contributed by atoms with Crippen molar-refractivity contribution in [2.75, 3.05) is 13.2 Å². The monoisotopic (exact) mass is 453 g/mol. The van der Waals surface area contributed by atoms with E-state index >= 15 is 0 Å². The van der Waals surface area contributed by atoms with Crippen LogP contribution < -0.4 is 10.5 Å². The Kier molecular flexibility index (Phi) is 6.79. The largest absolute Gasteiger partial charge is 0.488 e. The van der Waals surface area contributed by atoms with Crippen molar-refractivity contribution in [3.63, 3.8) is 0 Å². The van der Waals surface area contributed by atoms with Gasteiger partial charge in [-0.15, -0.1) is 0 Å². The van der Waals surface area contributed by atoms with Crippen molar-refractivity contribution in [1.82, 2.24) is 0 Å². The second-order valence-corrected chi connectivity index (χ2v) is 8.77. The van der Waals surface area contributed by atoms with E-state index in [0.717, 1.165) is 77.0 Å². The van der Waals surface area contributed by atoms with Crippen LogP contribution in [0, 0.1) is 0 Å². The Balaban J connectivity index is 1.57. The smallest absolute Gasteiger partial charge is 0.141 e. The van der Waals surface area contributed by atoms with Gasteiger partial charge in [-0.1, -0.05) is 55.0 Å². The molecule has 0 aliphatic carbocycles. The Hall–Kier alpha value is -3.34. The van der Waals surface area contributed by atoms with E-state index in [1.807, 2.05) is 18.4 Å². The summed E-state index contributed by atoms with van der Waals surface area (Å²) in [5.74, 6) is 0.927. The van der Waals surface area contributed by atoms with Gasteiger partial charge < -0.3 is 19.6 Å². The Bertz CT molecular complexity index is 1310. The molecule has 34 heavy (non-hydrogen) atoms. The highest BCUT2D eigenvalue weighted by Crippen LogP contribution is 2.34. The zero-order valence-electron chi connectivity index (χ0n) is 19.7. The van der Waals surface area contributed by atoms with Gasteiger partial charge in [0.2, 0.25) is 0 Å². The SMILES string of the molecule is CCc1ccccc1OCc1coc2c(C=C3CCOCC3)cc(-c3cccc(CN)c3)cc12. The lowest BCUT2D eigenvalue weighted by molar-refractivity contribution is 0.119. The minimum absolute atomic E-state index is 0.458. The second-order valence-electron chi connectivity index (χ2n) is 8.77. The number of hydrogen-bond acceptors (Lipinski definition) is 4. The lowest BCUT2D eigenvalue weighted by Gasteiger charge is -2.15. The molecule has 1 aromatic heterocycles. The first-order valence-corrected chi connectivity index (χ1v) is 12.1. The first kappa shape index (κ1) is 22.5. The van der Waals surface area contributed by atoms with Crippen molar-refractivity contribution in [3.8, 4) is 16.9 Å². The number of aryl methyl sites for hydroxylation is 1. The molecular formula is C30H31NO3. The predicted octanol–water partition coefficient (Wildman–Crippen LogP) is 6.89. The first-order valence-electron chi connectivity index (χ1n) is 12.1. The molecule has 0 bridgehead atoms. The van der Waals surface area contributed by atoms with E-state index in [-0.39, 0.29) is 0 Å². The second kappa shape index (κ2) is 10.3. The molecule has 174 valence electrons. The Labute approximate surface area is 201 Å². The number of nitrogens with two attached hydrogens (primary N) is 1. The molecule has 4 nitrogen and oxygen atoms in total. The van der Waals surface area contributed by atoms with Gasteiger partial charge in [0.15, 0.2) is 0 Å². The minimum Gasteiger partial charge on any atom is -0.488 e. The molecule has 1 aliphatic heterocycles. The van der Waals surface area contributed by atoms with E-state index in [2.05, 4.69) is 61.5 Å². The van der Waals surface area contributed by atoms with Crippen LogP contribution in [0.3, 0.4) is 0 Å². The highest BCUT2D eigenvalue weighted by Gasteiger charge is 2.15. The highest BCUT2D eigenvalue weighted by atomic mass is 16.5. The fourth-order valence-corrected chi connectivity index (χ4v) is 4.57. The molecule has 0 saturated carbocycles. The van der Waals surface area contributed by atoms with Crippen LogP contribution in [0.1, 0.15) is 42.0 Å². The van der Waals surface area contributed by atoms with Crippen molar-refractivity contribution >= 4 is 17.0 Å². The van der Waals surface area contributed by atoms with E-state index < -0.39 is 0 Å². The van der Waals surface area contributed by atoms with Crippen molar-refractivity contribution in [2.24, 2.45) is 5.73 Å². The molecule has 2 heterocycles. The lowest BCUT2D eigenvalue weighted by Crippen LogP contribution is -2.06.